The monoisotopic (exact) mass is 256 g/mol. The Hall–Kier alpha value is 0.350. The van der Waals surface area contributed by atoms with Crippen LogP contribution in [0.3, 0.4) is 0 Å². The summed E-state index contributed by atoms with van der Waals surface area (Å²) in [4.78, 5) is 0. The molecule has 1 rings (SSSR count). The van der Waals surface area contributed by atoms with Gasteiger partial charge in [-0.15, -0.1) is 0 Å². The van der Waals surface area contributed by atoms with Crippen LogP contribution >= 0.6 is 22.6 Å². The Morgan fingerprint density at radius 2 is 2.00 bits per heavy atom. The summed E-state index contributed by atoms with van der Waals surface area (Å²) in [6.07, 6.45) is -0.438. The first-order valence-electron chi connectivity index (χ1n) is 3.02. The number of hydrogen-bond donors (Lipinski definition) is 3. The Labute approximate surface area is 72.5 Å². The van der Waals surface area contributed by atoms with Crippen molar-refractivity contribution in [2.45, 2.75) is 24.7 Å². The van der Waals surface area contributed by atoms with Gasteiger partial charge in [-0.3, -0.25) is 0 Å². The van der Waals surface area contributed by atoms with Crippen LogP contribution in [-0.2, 0) is 0 Å². The van der Waals surface area contributed by atoms with Crippen molar-refractivity contribution in [3.05, 3.63) is 9.66 Å². The number of aliphatic hydroxyl groups excluding tert-OH is 3. The van der Waals surface area contributed by atoms with Gasteiger partial charge in [0.15, 0.2) is 0 Å². The minimum Gasteiger partial charge on any atom is -0.390 e. The zero-order valence-corrected chi connectivity index (χ0v) is 7.39. The molecule has 3 nitrogen and oxygen atoms in total. The summed E-state index contributed by atoms with van der Waals surface area (Å²) < 4.78 is 0.615. The Morgan fingerprint density at radius 1 is 1.40 bits per heavy atom. The lowest BCUT2D eigenvalue weighted by atomic mass is 10.00. The molecule has 0 saturated carbocycles. The quantitative estimate of drug-likeness (QED) is 0.526. The number of aliphatic hydroxyl groups is 3. The lowest BCUT2D eigenvalue weighted by molar-refractivity contribution is 0.00904. The molecule has 0 aliphatic heterocycles. The highest BCUT2D eigenvalue weighted by Gasteiger charge is 2.26. The summed E-state index contributed by atoms with van der Waals surface area (Å²) in [6, 6.07) is 0. The zero-order chi connectivity index (χ0) is 7.72. The maximum atomic E-state index is 9.13. The average Bonchev–Trinajstić information content (AvgIpc) is 1.82. The van der Waals surface area contributed by atoms with Crippen LogP contribution in [0.25, 0.3) is 0 Å². The Balaban J connectivity index is 2.71. The molecule has 0 aromatic carbocycles. The van der Waals surface area contributed by atoms with E-state index in [-0.39, 0.29) is 6.42 Å². The molecule has 3 atom stereocenters. The second-order valence-electron chi connectivity index (χ2n) is 2.37. The van der Waals surface area contributed by atoms with Crippen molar-refractivity contribution in [3.63, 3.8) is 0 Å². The average molecular weight is 256 g/mol. The molecule has 0 amide bonds. The fourth-order valence-electron chi connectivity index (χ4n) is 0.911. The zero-order valence-electron chi connectivity index (χ0n) is 5.24. The number of hydrogen-bond acceptors (Lipinski definition) is 3. The van der Waals surface area contributed by atoms with Gasteiger partial charge in [-0.2, -0.15) is 0 Å². The lowest BCUT2D eigenvalue weighted by Gasteiger charge is -2.24. The second kappa shape index (κ2) is 3.17. The minimum atomic E-state index is -0.813. The van der Waals surface area contributed by atoms with Gasteiger partial charge in [-0.05, 0) is 28.7 Å². The molecule has 0 bridgehead atoms. The van der Waals surface area contributed by atoms with Crippen molar-refractivity contribution in [1.29, 1.82) is 0 Å². The first kappa shape index (κ1) is 8.45. The molecule has 10 heavy (non-hydrogen) atoms. The van der Waals surface area contributed by atoms with Crippen LogP contribution in [0.2, 0.25) is 0 Å². The number of halogens is 1. The maximum Gasteiger partial charge on any atom is 0.110 e. The highest BCUT2D eigenvalue weighted by Crippen LogP contribution is 2.23. The van der Waals surface area contributed by atoms with E-state index in [1.165, 1.54) is 0 Å². The summed E-state index contributed by atoms with van der Waals surface area (Å²) in [5, 5.41) is 27.2. The first-order valence-corrected chi connectivity index (χ1v) is 4.10. The maximum absolute atomic E-state index is 9.13. The van der Waals surface area contributed by atoms with Gasteiger partial charge >= 0.3 is 0 Å². The Kier molecular flexibility index (Phi) is 2.67. The van der Waals surface area contributed by atoms with Crippen molar-refractivity contribution in [1.82, 2.24) is 0 Å². The molecule has 0 unspecified atom stereocenters. The van der Waals surface area contributed by atoms with E-state index in [9.17, 15) is 0 Å². The number of rotatable bonds is 0. The molecule has 0 radical (unpaired) electrons. The highest BCUT2D eigenvalue weighted by molar-refractivity contribution is 14.1. The van der Waals surface area contributed by atoms with Gasteiger partial charge < -0.3 is 15.3 Å². The lowest BCUT2D eigenvalue weighted by Crippen LogP contribution is -2.33. The summed E-state index contributed by atoms with van der Waals surface area (Å²) >= 11 is 1.90. The molecule has 4 heteroatoms. The summed E-state index contributed by atoms with van der Waals surface area (Å²) in [6.45, 7) is 0. The van der Waals surface area contributed by atoms with E-state index < -0.39 is 18.3 Å². The molecular weight excluding hydrogens is 247 g/mol. The largest absolute Gasteiger partial charge is 0.390 e. The Morgan fingerprint density at radius 3 is 2.50 bits per heavy atom. The molecular formula is C6H9IO3. The normalized spacial score (nSPS) is 41.2. The van der Waals surface area contributed by atoms with Crippen molar-refractivity contribution in [2.24, 2.45) is 0 Å². The molecule has 1 aliphatic rings. The highest BCUT2D eigenvalue weighted by atomic mass is 127. The van der Waals surface area contributed by atoms with E-state index in [1.54, 1.807) is 6.08 Å². The molecule has 3 N–H and O–H groups in total. The van der Waals surface area contributed by atoms with E-state index in [2.05, 4.69) is 0 Å². The van der Waals surface area contributed by atoms with E-state index in [1.807, 2.05) is 22.6 Å². The first-order chi connectivity index (χ1) is 4.61. The van der Waals surface area contributed by atoms with Crippen molar-refractivity contribution in [2.75, 3.05) is 0 Å². The van der Waals surface area contributed by atoms with Gasteiger partial charge in [0.2, 0.25) is 0 Å². The van der Waals surface area contributed by atoms with Crippen LogP contribution in [0, 0.1) is 0 Å². The molecule has 0 fully saturated rings. The van der Waals surface area contributed by atoms with Crippen LogP contribution in [0.15, 0.2) is 9.66 Å². The van der Waals surface area contributed by atoms with E-state index in [0.717, 1.165) is 0 Å². The van der Waals surface area contributed by atoms with Gasteiger partial charge in [-0.1, -0.05) is 0 Å². The van der Waals surface area contributed by atoms with E-state index in [0.29, 0.717) is 3.58 Å². The summed E-state index contributed by atoms with van der Waals surface area (Å²) in [5.74, 6) is 0. The van der Waals surface area contributed by atoms with Crippen LogP contribution in [0.1, 0.15) is 6.42 Å². The molecule has 0 aromatic rings. The van der Waals surface area contributed by atoms with Crippen LogP contribution in [0.5, 0.6) is 0 Å². The molecule has 0 heterocycles. The molecule has 0 aromatic heterocycles. The van der Waals surface area contributed by atoms with Gasteiger partial charge in [0.1, 0.15) is 6.10 Å². The third-order valence-electron chi connectivity index (χ3n) is 1.48. The smallest absolute Gasteiger partial charge is 0.110 e. The molecule has 58 valence electrons. The fourth-order valence-corrected chi connectivity index (χ4v) is 1.74. The van der Waals surface area contributed by atoms with Crippen molar-refractivity contribution >= 4 is 22.6 Å². The standard InChI is InChI=1S/C6H9IO3/c7-4-1-3(8)2-5(9)6(4)10/h1,3,5-6,8-10H,2H2/t3-,5-,6+/m0/s1. The topological polar surface area (TPSA) is 60.7 Å². The molecule has 0 spiro atoms. The van der Waals surface area contributed by atoms with Gasteiger partial charge in [0.25, 0.3) is 0 Å². The van der Waals surface area contributed by atoms with Crippen molar-refractivity contribution in [3.8, 4) is 0 Å². The molecule has 0 saturated heterocycles. The van der Waals surface area contributed by atoms with Crippen LogP contribution in [-0.4, -0.2) is 33.6 Å². The SMILES string of the molecule is O[C@@H]1C(I)=C[C@H](O)C[C@@H]1O. The van der Waals surface area contributed by atoms with E-state index in [4.69, 9.17) is 15.3 Å². The van der Waals surface area contributed by atoms with Gasteiger partial charge in [-0.25, -0.2) is 0 Å². The predicted molar refractivity (Wildman–Crippen MR) is 44.7 cm³/mol. The van der Waals surface area contributed by atoms with Crippen LogP contribution in [0.4, 0.5) is 0 Å². The fraction of sp³-hybridized carbons (Fsp3) is 0.667. The molecule has 1 aliphatic carbocycles. The van der Waals surface area contributed by atoms with Gasteiger partial charge in [0.05, 0.1) is 12.2 Å². The van der Waals surface area contributed by atoms with E-state index >= 15 is 0 Å². The third kappa shape index (κ3) is 1.69. The summed E-state index contributed by atoms with van der Waals surface area (Å²) in [7, 11) is 0. The van der Waals surface area contributed by atoms with Crippen molar-refractivity contribution < 1.29 is 15.3 Å². The Bertz CT molecular complexity index is 157. The minimum absolute atomic E-state index is 0.230. The summed E-state index contributed by atoms with van der Waals surface area (Å²) in [5.41, 5.74) is 0. The third-order valence-corrected chi connectivity index (χ3v) is 2.48. The van der Waals surface area contributed by atoms with Crippen LogP contribution < -0.4 is 0 Å². The van der Waals surface area contributed by atoms with Gasteiger partial charge in [0, 0.05) is 10.0 Å². The second-order valence-corrected chi connectivity index (χ2v) is 3.61. The predicted octanol–water partition coefficient (Wildman–Crippen LogP) is -0.208.